The number of aromatic nitrogens is 3. The second kappa shape index (κ2) is 7.02. The fraction of sp³-hybridized carbons (Fsp3) is 0.353. The van der Waals surface area contributed by atoms with Crippen molar-refractivity contribution < 1.29 is 0 Å². The van der Waals surface area contributed by atoms with Crippen LogP contribution in [-0.4, -0.2) is 21.7 Å². The van der Waals surface area contributed by atoms with Crippen molar-refractivity contribution in [2.45, 2.75) is 32.1 Å². The Morgan fingerprint density at radius 2 is 2.00 bits per heavy atom. The van der Waals surface area contributed by atoms with Crippen LogP contribution in [-0.2, 0) is 0 Å². The molecular weight excluding hydrogens is 276 g/mol. The molecule has 0 fully saturated rings. The third kappa shape index (κ3) is 3.61. The number of benzene rings is 1. The molecule has 1 aromatic heterocycles. The van der Waals surface area contributed by atoms with Gasteiger partial charge in [-0.25, -0.2) is 0 Å². The van der Waals surface area contributed by atoms with E-state index in [1.165, 1.54) is 31.3 Å². The van der Waals surface area contributed by atoms with Gasteiger partial charge in [0, 0.05) is 12.1 Å². The van der Waals surface area contributed by atoms with Crippen molar-refractivity contribution in [3.63, 3.8) is 0 Å². The topological polar surface area (TPSA) is 70.7 Å². The second-order valence-corrected chi connectivity index (χ2v) is 5.50. The van der Waals surface area contributed by atoms with Gasteiger partial charge in [-0.2, -0.15) is 0 Å². The second-order valence-electron chi connectivity index (χ2n) is 5.50. The minimum atomic E-state index is -0.222. The normalized spacial score (nSPS) is 14.5. The van der Waals surface area contributed by atoms with Crippen molar-refractivity contribution in [3.05, 3.63) is 52.3 Å². The van der Waals surface area contributed by atoms with Crippen LogP contribution in [0.1, 0.15) is 32.1 Å². The Kier molecular flexibility index (Phi) is 4.63. The minimum absolute atomic E-state index is 0.222. The van der Waals surface area contributed by atoms with Gasteiger partial charge in [0.1, 0.15) is 0 Å². The average molecular weight is 296 g/mol. The molecule has 1 aromatic carbocycles. The van der Waals surface area contributed by atoms with Crippen molar-refractivity contribution >= 4 is 5.95 Å². The van der Waals surface area contributed by atoms with Gasteiger partial charge in [0.2, 0.25) is 5.95 Å². The van der Waals surface area contributed by atoms with Crippen molar-refractivity contribution in [3.8, 4) is 11.3 Å². The third-order valence-electron chi connectivity index (χ3n) is 3.87. The Morgan fingerprint density at radius 3 is 2.73 bits per heavy atom. The van der Waals surface area contributed by atoms with E-state index in [2.05, 4.69) is 26.6 Å². The van der Waals surface area contributed by atoms with E-state index in [-0.39, 0.29) is 5.56 Å². The number of nitrogens with zero attached hydrogens (tertiary/aromatic N) is 2. The zero-order valence-electron chi connectivity index (χ0n) is 12.5. The molecule has 1 heterocycles. The molecule has 2 N–H and O–H groups in total. The highest BCUT2D eigenvalue weighted by Gasteiger charge is 2.07. The van der Waals surface area contributed by atoms with Crippen LogP contribution >= 0.6 is 0 Å². The van der Waals surface area contributed by atoms with Crippen LogP contribution in [0.2, 0.25) is 0 Å². The molecule has 0 unspecified atom stereocenters. The van der Waals surface area contributed by atoms with E-state index in [4.69, 9.17) is 0 Å². The smallest absolute Gasteiger partial charge is 0.279 e. The lowest BCUT2D eigenvalue weighted by Crippen LogP contribution is -2.17. The molecule has 0 radical (unpaired) electrons. The van der Waals surface area contributed by atoms with Crippen LogP contribution in [0.15, 0.2) is 46.8 Å². The SMILES string of the molecule is O=c1[nH]c(NCCC2=CCCCC2)nnc1-c1ccccc1. The van der Waals surface area contributed by atoms with E-state index < -0.39 is 0 Å². The maximum atomic E-state index is 12.1. The van der Waals surface area contributed by atoms with Gasteiger partial charge in [0.05, 0.1) is 0 Å². The summed E-state index contributed by atoms with van der Waals surface area (Å²) >= 11 is 0. The molecule has 0 atom stereocenters. The maximum absolute atomic E-state index is 12.1. The van der Waals surface area contributed by atoms with E-state index in [9.17, 15) is 4.79 Å². The zero-order valence-corrected chi connectivity index (χ0v) is 12.5. The molecule has 22 heavy (non-hydrogen) atoms. The van der Waals surface area contributed by atoms with Gasteiger partial charge >= 0.3 is 0 Å². The number of allylic oxidation sites excluding steroid dienone is 1. The molecule has 5 heteroatoms. The van der Waals surface area contributed by atoms with Crippen molar-refractivity contribution in [1.29, 1.82) is 0 Å². The van der Waals surface area contributed by atoms with Crippen LogP contribution in [0.5, 0.6) is 0 Å². The molecule has 0 spiro atoms. The summed E-state index contributed by atoms with van der Waals surface area (Å²) in [5, 5.41) is 11.2. The first-order chi connectivity index (χ1) is 10.8. The maximum Gasteiger partial charge on any atom is 0.279 e. The van der Waals surface area contributed by atoms with Gasteiger partial charge in [0.25, 0.3) is 5.56 Å². The lowest BCUT2D eigenvalue weighted by atomic mass is 9.97. The first kappa shape index (κ1) is 14.5. The largest absolute Gasteiger partial charge is 0.354 e. The Morgan fingerprint density at radius 1 is 1.14 bits per heavy atom. The molecule has 1 aliphatic rings. The van der Waals surface area contributed by atoms with Crippen LogP contribution < -0.4 is 10.9 Å². The quantitative estimate of drug-likeness (QED) is 0.832. The molecular formula is C17H20N4O. The van der Waals surface area contributed by atoms with Gasteiger partial charge in [0.15, 0.2) is 5.69 Å². The average Bonchev–Trinajstić information content (AvgIpc) is 2.57. The monoisotopic (exact) mass is 296 g/mol. The highest BCUT2D eigenvalue weighted by atomic mass is 16.1. The van der Waals surface area contributed by atoms with Gasteiger partial charge in [-0.1, -0.05) is 42.0 Å². The van der Waals surface area contributed by atoms with Crippen molar-refractivity contribution in [2.75, 3.05) is 11.9 Å². The molecule has 2 aromatic rings. The summed E-state index contributed by atoms with van der Waals surface area (Å²) in [4.78, 5) is 14.8. The summed E-state index contributed by atoms with van der Waals surface area (Å²) in [6.07, 6.45) is 8.29. The zero-order chi connectivity index (χ0) is 15.2. The summed E-state index contributed by atoms with van der Waals surface area (Å²) in [6, 6.07) is 9.35. The van der Waals surface area contributed by atoms with E-state index in [0.717, 1.165) is 18.5 Å². The summed E-state index contributed by atoms with van der Waals surface area (Å²) in [6.45, 7) is 0.765. The minimum Gasteiger partial charge on any atom is -0.354 e. The molecule has 1 aliphatic carbocycles. The highest BCUT2D eigenvalue weighted by molar-refractivity contribution is 5.57. The summed E-state index contributed by atoms with van der Waals surface area (Å²) in [7, 11) is 0. The number of H-pyrrole nitrogens is 1. The fourth-order valence-electron chi connectivity index (χ4n) is 2.67. The van der Waals surface area contributed by atoms with E-state index in [1.54, 1.807) is 0 Å². The predicted molar refractivity (Wildman–Crippen MR) is 87.7 cm³/mol. The lowest BCUT2D eigenvalue weighted by Gasteiger charge is -2.12. The fourth-order valence-corrected chi connectivity index (χ4v) is 2.67. The van der Waals surface area contributed by atoms with Gasteiger partial charge in [-0.15, -0.1) is 10.2 Å². The number of aromatic amines is 1. The molecule has 0 amide bonds. The summed E-state index contributed by atoms with van der Waals surface area (Å²) in [5.41, 5.74) is 2.40. The van der Waals surface area contributed by atoms with E-state index >= 15 is 0 Å². The Hall–Kier alpha value is -2.43. The standard InChI is InChI=1S/C17H20N4O/c22-16-15(14-9-5-2-6-10-14)20-21-17(19-16)18-12-11-13-7-3-1-4-8-13/h2,5-7,9-10H,1,3-4,8,11-12H2,(H2,18,19,21,22). The highest BCUT2D eigenvalue weighted by Crippen LogP contribution is 2.19. The number of anilines is 1. The van der Waals surface area contributed by atoms with Gasteiger partial charge in [-0.05, 0) is 32.1 Å². The molecule has 0 aliphatic heterocycles. The Balaban J connectivity index is 1.62. The van der Waals surface area contributed by atoms with Crippen LogP contribution in [0.3, 0.4) is 0 Å². The van der Waals surface area contributed by atoms with Crippen LogP contribution in [0, 0.1) is 0 Å². The number of hydrogen-bond donors (Lipinski definition) is 2. The van der Waals surface area contributed by atoms with E-state index in [0.29, 0.717) is 11.6 Å². The Bertz CT molecular complexity index is 706. The van der Waals surface area contributed by atoms with Gasteiger partial charge < -0.3 is 5.32 Å². The number of rotatable bonds is 5. The summed E-state index contributed by atoms with van der Waals surface area (Å²) in [5.74, 6) is 0.432. The van der Waals surface area contributed by atoms with E-state index in [1.807, 2.05) is 30.3 Å². The van der Waals surface area contributed by atoms with Gasteiger partial charge in [-0.3, -0.25) is 9.78 Å². The van der Waals surface area contributed by atoms with Crippen molar-refractivity contribution in [1.82, 2.24) is 15.2 Å². The molecule has 0 saturated carbocycles. The van der Waals surface area contributed by atoms with Crippen molar-refractivity contribution in [2.24, 2.45) is 0 Å². The molecule has 0 saturated heterocycles. The molecule has 3 rings (SSSR count). The first-order valence-corrected chi connectivity index (χ1v) is 7.77. The number of nitrogens with one attached hydrogen (secondary N) is 2. The summed E-state index contributed by atoms with van der Waals surface area (Å²) < 4.78 is 0. The lowest BCUT2D eigenvalue weighted by molar-refractivity contribution is 0.678. The van der Waals surface area contributed by atoms with Crippen LogP contribution in [0.4, 0.5) is 5.95 Å². The predicted octanol–water partition coefficient (Wildman–Crippen LogP) is 3.13. The molecule has 0 bridgehead atoms. The van der Waals surface area contributed by atoms with Crippen LogP contribution in [0.25, 0.3) is 11.3 Å². The third-order valence-corrected chi connectivity index (χ3v) is 3.87. The Labute approximate surface area is 129 Å². The first-order valence-electron chi connectivity index (χ1n) is 7.77. The molecule has 5 nitrogen and oxygen atoms in total. The molecule has 114 valence electrons. The number of hydrogen-bond acceptors (Lipinski definition) is 4.